The lowest BCUT2D eigenvalue weighted by Crippen LogP contribution is -2.39. The van der Waals surface area contributed by atoms with Crippen molar-refractivity contribution in [2.45, 2.75) is 37.7 Å². The minimum Gasteiger partial charge on any atom is -0.493 e. The molecule has 3 atom stereocenters. The van der Waals surface area contributed by atoms with Gasteiger partial charge < -0.3 is 9.47 Å². The number of methoxy groups -OCH3 is 1. The molecular weight excluding hydrogens is 228 g/mol. The standard InChI is InChI=1S/C15H16O3/c1-17-11-7-5-9-3-2-8-4-6-10(16)14-12(8)13(9)15(11)18-14/h5,7-8,12,14H,2-4,6H2,1H3/t8?,12?,14-/m1/s1. The summed E-state index contributed by atoms with van der Waals surface area (Å²) in [5, 5.41) is 0. The molecule has 2 unspecified atom stereocenters. The Bertz CT molecular complexity index is 535. The van der Waals surface area contributed by atoms with Crippen LogP contribution >= 0.6 is 0 Å². The number of rotatable bonds is 1. The SMILES string of the molecule is COc1ccc2c3c1O[C@@H]1C(=O)CCC(CC2)C31. The van der Waals surface area contributed by atoms with E-state index < -0.39 is 0 Å². The second-order valence-electron chi connectivity index (χ2n) is 5.54. The molecule has 1 heterocycles. The van der Waals surface area contributed by atoms with E-state index in [4.69, 9.17) is 9.47 Å². The number of hydrogen-bond acceptors (Lipinski definition) is 3. The predicted octanol–water partition coefficient (Wildman–Crippen LogP) is 2.47. The quantitative estimate of drug-likeness (QED) is 0.761. The Morgan fingerprint density at radius 2 is 2.11 bits per heavy atom. The van der Waals surface area contributed by atoms with Crippen molar-refractivity contribution in [1.82, 2.24) is 0 Å². The number of hydrogen-bond donors (Lipinski definition) is 0. The summed E-state index contributed by atoms with van der Waals surface area (Å²) >= 11 is 0. The van der Waals surface area contributed by atoms with Crippen molar-refractivity contribution in [2.75, 3.05) is 7.11 Å². The molecular formula is C15H16O3. The van der Waals surface area contributed by atoms with Crippen LogP contribution in [0.4, 0.5) is 0 Å². The fraction of sp³-hybridized carbons (Fsp3) is 0.533. The van der Waals surface area contributed by atoms with Gasteiger partial charge in [0.15, 0.2) is 23.4 Å². The minimum atomic E-state index is -0.242. The smallest absolute Gasteiger partial charge is 0.173 e. The first-order valence-electron chi connectivity index (χ1n) is 6.68. The monoisotopic (exact) mass is 244 g/mol. The molecule has 1 aromatic rings. The van der Waals surface area contributed by atoms with Crippen LogP contribution in [0, 0.1) is 5.92 Å². The van der Waals surface area contributed by atoms with Gasteiger partial charge in [0.1, 0.15) is 0 Å². The maximum Gasteiger partial charge on any atom is 0.173 e. The van der Waals surface area contributed by atoms with Crippen molar-refractivity contribution in [3.63, 3.8) is 0 Å². The van der Waals surface area contributed by atoms with Crippen molar-refractivity contribution in [3.05, 3.63) is 23.3 Å². The fourth-order valence-corrected chi connectivity index (χ4v) is 3.90. The Morgan fingerprint density at radius 3 is 2.94 bits per heavy atom. The molecule has 94 valence electrons. The van der Waals surface area contributed by atoms with Crippen molar-refractivity contribution in [3.8, 4) is 11.5 Å². The molecule has 0 radical (unpaired) electrons. The number of benzene rings is 1. The van der Waals surface area contributed by atoms with E-state index in [1.807, 2.05) is 6.07 Å². The van der Waals surface area contributed by atoms with Crippen LogP contribution in [0.1, 0.15) is 36.3 Å². The Labute approximate surface area is 106 Å². The topological polar surface area (TPSA) is 35.5 Å². The van der Waals surface area contributed by atoms with Crippen LogP contribution in [0.15, 0.2) is 12.1 Å². The summed E-state index contributed by atoms with van der Waals surface area (Å²) in [6, 6.07) is 4.11. The van der Waals surface area contributed by atoms with Crippen LogP contribution in [0.2, 0.25) is 0 Å². The number of ether oxygens (including phenoxy) is 2. The first-order chi connectivity index (χ1) is 8.79. The fourth-order valence-electron chi connectivity index (χ4n) is 3.90. The maximum absolute atomic E-state index is 12.1. The summed E-state index contributed by atoms with van der Waals surface area (Å²) in [6.45, 7) is 0. The largest absolute Gasteiger partial charge is 0.493 e. The van der Waals surface area contributed by atoms with Gasteiger partial charge in [0.2, 0.25) is 0 Å². The van der Waals surface area contributed by atoms with Crippen molar-refractivity contribution in [1.29, 1.82) is 0 Å². The average Bonchev–Trinajstić information content (AvgIpc) is 2.81. The zero-order valence-corrected chi connectivity index (χ0v) is 10.4. The molecule has 0 aromatic heterocycles. The first-order valence-corrected chi connectivity index (χ1v) is 6.68. The van der Waals surface area contributed by atoms with Gasteiger partial charge in [-0.25, -0.2) is 0 Å². The van der Waals surface area contributed by atoms with Crippen LogP contribution < -0.4 is 9.47 Å². The number of aryl methyl sites for hydroxylation is 1. The highest BCUT2D eigenvalue weighted by molar-refractivity contribution is 5.87. The van der Waals surface area contributed by atoms with E-state index in [1.54, 1.807) is 7.11 Å². The molecule has 1 aromatic carbocycles. The zero-order chi connectivity index (χ0) is 12.3. The molecule has 0 N–H and O–H groups in total. The average molecular weight is 244 g/mol. The summed E-state index contributed by atoms with van der Waals surface area (Å²) in [6.07, 6.45) is 3.76. The zero-order valence-electron chi connectivity index (χ0n) is 10.4. The highest BCUT2D eigenvalue weighted by atomic mass is 16.5. The second kappa shape index (κ2) is 3.50. The lowest BCUT2D eigenvalue weighted by Gasteiger charge is -2.35. The second-order valence-corrected chi connectivity index (χ2v) is 5.54. The highest BCUT2D eigenvalue weighted by Gasteiger charge is 2.50. The number of carbonyl (C=O) groups excluding carboxylic acids is 1. The van der Waals surface area contributed by atoms with Gasteiger partial charge in [-0.1, -0.05) is 6.07 Å². The molecule has 0 saturated heterocycles. The van der Waals surface area contributed by atoms with E-state index in [2.05, 4.69) is 6.07 Å². The summed E-state index contributed by atoms with van der Waals surface area (Å²) in [4.78, 5) is 12.1. The van der Waals surface area contributed by atoms with Crippen LogP contribution in [-0.4, -0.2) is 19.0 Å². The van der Waals surface area contributed by atoms with Crippen LogP contribution in [0.5, 0.6) is 11.5 Å². The molecule has 3 aliphatic rings. The van der Waals surface area contributed by atoms with Gasteiger partial charge in [-0.2, -0.15) is 0 Å². The highest BCUT2D eigenvalue weighted by Crippen LogP contribution is 2.55. The molecule has 1 fully saturated rings. The third-order valence-corrected chi connectivity index (χ3v) is 4.75. The first kappa shape index (κ1) is 10.4. The van der Waals surface area contributed by atoms with E-state index in [0.29, 0.717) is 18.3 Å². The molecule has 0 amide bonds. The Kier molecular flexibility index (Phi) is 2.02. The number of Topliss-reactive ketones (excluding diaryl/α,β-unsaturated/α-hetero) is 1. The molecule has 4 rings (SSSR count). The summed E-state index contributed by atoms with van der Waals surface area (Å²) < 4.78 is 11.3. The Hall–Kier alpha value is -1.51. The summed E-state index contributed by atoms with van der Waals surface area (Å²) in [5.41, 5.74) is 2.62. The minimum absolute atomic E-state index is 0.242. The van der Waals surface area contributed by atoms with Gasteiger partial charge in [-0.15, -0.1) is 0 Å². The molecule has 1 aliphatic heterocycles. The number of carbonyl (C=O) groups is 1. The normalized spacial score (nSPS) is 31.8. The molecule has 3 heteroatoms. The summed E-state index contributed by atoms with van der Waals surface area (Å²) in [7, 11) is 1.66. The van der Waals surface area contributed by atoms with E-state index in [1.165, 1.54) is 17.5 Å². The van der Waals surface area contributed by atoms with Gasteiger partial charge in [0, 0.05) is 17.9 Å². The predicted molar refractivity (Wildman–Crippen MR) is 66.2 cm³/mol. The molecule has 1 saturated carbocycles. The number of ketones is 1. The van der Waals surface area contributed by atoms with Crippen LogP contribution in [-0.2, 0) is 11.2 Å². The van der Waals surface area contributed by atoms with E-state index in [9.17, 15) is 4.79 Å². The van der Waals surface area contributed by atoms with Gasteiger partial charge in [-0.3, -0.25) is 4.79 Å². The molecule has 0 spiro atoms. The van der Waals surface area contributed by atoms with Crippen LogP contribution in [0.3, 0.4) is 0 Å². The molecule has 18 heavy (non-hydrogen) atoms. The van der Waals surface area contributed by atoms with E-state index in [-0.39, 0.29) is 11.9 Å². The van der Waals surface area contributed by atoms with Crippen LogP contribution in [0.25, 0.3) is 0 Å². The molecule has 2 aliphatic carbocycles. The van der Waals surface area contributed by atoms with Gasteiger partial charge in [0.05, 0.1) is 7.11 Å². The van der Waals surface area contributed by atoms with Crippen molar-refractivity contribution in [2.24, 2.45) is 5.92 Å². The maximum atomic E-state index is 12.1. The van der Waals surface area contributed by atoms with Gasteiger partial charge in [0.25, 0.3) is 0 Å². The van der Waals surface area contributed by atoms with Gasteiger partial charge >= 0.3 is 0 Å². The van der Waals surface area contributed by atoms with E-state index >= 15 is 0 Å². The van der Waals surface area contributed by atoms with Gasteiger partial charge in [-0.05, 0) is 36.8 Å². The molecule has 3 nitrogen and oxygen atoms in total. The third-order valence-electron chi connectivity index (χ3n) is 4.75. The van der Waals surface area contributed by atoms with Crippen molar-refractivity contribution >= 4 is 5.78 Å². The third kappa shape index (κ3) is 1.17. The molecule has 0 bridgehead atoms. The lowest BCUT2D eigenvalue weighted by atomic mass is 9.67. The lowest BCUT2D eigenvalue weighted by molar-refractivity contribution is -0.129. The van der Waals surface area contributed by atoms with Crippen molar-refractivity contribution < 1.29 is 14.3 Å². The van der Waals surface area contributed by atoms with E-state index in [0.717, 1.165) is 24.3 Å². The Balaban J connectivity index is 1.92. The summed E-state index contributed by atoms with van der Waals surface area (Å²) in [5.74, 6) is 2.79. The Morgan fingerprint density at radius 1 is 1.28 bits per heavy atom.